The highest BCUT2D eigenvalue weighted by molar-refractivity contribution is 4.60. The molecule has 0 aromatic rings. The van der Waals surface area contributed by atoms with Crippen LogP contribution in [0.5, 0.6) is 0 Å². The molecule has 1 rings (SSSR count). The second-order valence-corrected chi connectivity index (χ2v) is 2.81. The molecule has 1 atom stereocenters. The van der Waals surface area contributed by atoms with Crippen LogP contribution in [0.4, 0.5) is 0 Å². The van der Waals surface area contributed by atoms with Gasteiger partial charge in [-0.25, -0.2) is 0 Å². The van der Waals surface area contributed by atoms with Gasteiger partial charge >= 0.3 is 0 Å². The zero-order valence-electron chi connectivity index (χ0n) is 6.73. The summed E-state index contributed by atoms with van der Waals surface area (Å²) in [6.07, 6.45) is 5.31. The zero-order valence-corrected chi connectivity index (χ0v) is 6.73. The second kappa shape index (κ2) is 4.69. The van der Waals surface area contributed by atoms with Crippen LogP contribution in [0.15, 0.2) is 0 Å². The number of ether oxygens (including phenoxy) is 1. The van der Waals surface area contributed by atoms with Gasteiger partial charge in [0, 0.05) is 6.61 Å². The average Bonchev–Trinajstić information content (AvgIpc) is 2.03. The first kappa shape index (κ1) is 8.02. The van der Waals surface area contributed by atoms with Gasteiger partial charge in [0.2, 0.25) is 0 Å². The molecule has 0 aliphatic carbocycles. The fourth-order valence-electron chi connectivity index (χ4n) is 1.21. The van der Waals surface area contributed by atoms with Crippen LogP contribution < -0.4 is 5.32 Å². The fourth-order valence-corrected chi connectivity index (χ4v) is 1.21. The maximum absolute atomic E-state index is 5.47. The smallest absolute Gasteiger partial charge is 0.108 e. The minimum Gasteiger partial charge on any atom is -0.363 e. The summed E-state index contributed by atoms with van der Waals surface area (Å²) in [5.74, 6) is 0. The standard InChI is InChI=1S/C8H17NO/c1-2-6-9-8-5-3-4-7-10-8/h8-9H,2-7H2,1H3. The molecule has 2 nitrogen and oxygen atoms in total. The molecule has 0 spiro atoms. The maximum atomic E-state index is 5.47. The molecule has 10 heavy (non-hydrogen) atoms. The summed E-state index contributed by atoms with van der Waals surface area (Å²) in [6.45, 7) is 4.21. The minimum absolute atomic E-state index is 0.355. The van der Waals surface area contributed by atoms with Crippen molar-refractivity contribution in [2.45, 2.75) is 38.8 Å². The third-order valence-corrected chi connectivity index (χ3v) is 1.80. The molecule has 0 bridgehead atoms. The lowest BCUT2D eigenvalue weighted by Crippen LogP contribution is -2.34. The van der Waals surface area contributed by atoms with Crippen molar-refractivity contribution in [3.8, 4) is 0 Å². The third-order valence-electron chi connectivity index (χ3n) is 1.80. The number of nitrogens with one attached hydrogen (secondary N) is 1. The van der Waals surface area contributed by atoms with E-state index < -0.39 is 0 Å². The molecule has 0 aromatic carbocycles. The van der Waals surface area contributed by atoms with E-state index in [4.69, 9.17) is 4.74 Å². The largest absolute Gasteiger partial charge is 0.363 e. The quantitative estimate of drug-likeness (QED) is 0.646. The third kappa shape index (κ3) is 2.67. The summed E-state index contributed by atoms with van der Waals surface area (Å²) in [5, 5.41) is 3.35. The van der Waals surface area contributed by atoms with Gasteiger partial charge in [0.25, 0.3) is 0 Å². The first-order valence-electron chi connectivity index (χ1n) is 4.28. The Hall–Kier alpha value is -0.0800. The first-order chi connectivity index (χ1) is 4.93. The molecule has 1 heterocycles. The van der Waals surface area contributed by atoms with Crippen LogP contribution in [-0.4, -0.2) is 19.4 Å². The van der Waals surface area contributed by atoms with Crippen LogP contribution in [0.2, 0.25) is 0 Å². The van der Waals surface area contributed by atoms with Gasteiger partial charge in [-0.15, -0.1) is 0 Å². The van der Waals surface area contributed by atoms with Crippen molar-refractivity contribution in [1.29, 1.82) is 0 Å². The molecular formula is C8H17NO. The number of hydrogen-bond donors (Lipinski definition) is 1. The van der Waals surface area contributed by atoms with Crippen LogP contribution in [0.3, 0.4) is 0 Å². The predicted octanol–water partition coefficient (Wildman–Crippen LogP) is 1.51. The molecule has 1 N–H and O–H groups in total. The van der Waals surface area contributed by atoms with Gasteiger partial charge in [0.15, 0.2) is 0 Å². The summed E-state index contributed by atoms with van der Waals surface area (Å²) in [7, 11) is 0. The minimum atomic E-state index is 0.355. The molecule has 1 saturated heterocycles. The van der Waals surface area contributed by atoms with Crippen LogP contribution in [-0.2, 0) is 4.74 Å². The fraction of sp³-hybridized carbons (Fsp3) is 1.00. The van der Waals surface area contributed by atoms with E-state index in [-0.39, 0.29) is 0 Å². The lowest BCUT2D eigenvalue weighted by Gasteiger charge is -2.23. The van der Waals surface area contributed by atoms with E-state index in [0.29, 0.717) is 6.23 Å². The Labute approximate surface area is 63.0 Å². The van der Waals surface area contributed by atoms with Gasteiger partial charge in [-0.1, -0.05) is 6.92 Å². The Kier molecular flexibility index (Phi) is 3.76. The number of rotatable bonds is 3. The maximum Gasteiger partial charge on any atom is 0.108 e. The van der Waals surface area contributed by atoms with Crippen molar-refractivity contribution in [1.82, 2.24) is 5.32 Å². The van der Waals surface area contributed by atoms with Crippen molar-refractivity contribution in [2.75, 3.05) is 13.2 Å². The van der Waals surface area contributed by atoms with Gasteiger partial charge in [0.1, 0.15) is 6.23 Å². The molecule has 60 valence electrons. The second-order valence-electron chi connectivity index (χ2n) is 2.81. The van der Waals surface area contributed by atoms with Crippen molar-refractivity contribution in [3.63, 3.8) is 0 Å². The molecule has 0 aromatic heterocycles. The van der Waals surface area contributed by atoms with Gasteiger partial charge < -0.3 is 4.74 Å². The van der Waals surface area contributed by atoms with E-state index in [1.54, 1.807) is 0 Å². The van der Waals surface area contributed by atoms with Crippen molar-refractivity contribution in [2.24, 2.45) is 0 Å². The highest BCUT2D eigenvalue weighted by Crippen LogP contribution is 2.09. The molecule has 0 radical (unpaired) electrons. The highest BCUT2D eigenvalue weighted by Gasteiger charge is 2.11. The zero-order chi connectivity index (χ0) is 7.23. The molecule has 1 unspecified atom stereocenters. The monoisotopic (exact) mass is 143 g/mol. The Bertz CT molecular complexity index is 79.3. The van der Waals surface area contributed by atoms with E-state index in [1.807, 2.05) is 0 Å². The Morgan fingerprint density at radius 1 is 1.50 bits per heavy atom. The molecule has 0 amide bonds. The van der Waals surface area contributed by atoms with Crippen LogP contribution >= 0.6 is 0 Å². The molecule has 0 saturated carbocycles. The van der Waals surface area contributed by atoms with Crippen molar-refractivity contribution < 1.29 is 4.74 Å². The van der Waals surface area contributed by atoms with E-state index in [0.717, 1.165) is 13.2 Å². The van der Waals surface area contributed by atoms with E-state index in [2.05, 4.69) is 12.2 Å². The van der Waals surface area contributed by atoms with Crippen molar-refractivity contribution >= 4 is 0 Å². The van der Waals surface area contributed by atoms with Crippen LogP contribution in [0.25, 0.3) is 0 Å². The van der Waals surface area contributed by atoms with Gasteiger partial charge in [-0.3, -0.25) is 5.32 Å². The summed E-state index contributed by atoms with van der Waals surface area (Å²) in [6, 6.07) is 0. The predicted molar refractivity (Wildman–Crippen MR) is 41.9 cm³/mol. The lowest BCUT2D eigenvalue weighted by atomic mass is 10.2. The molecular weight excluding hydrogens is 126 g/mol. The average molecular weight is 143 g/mol. The van der Waals surface area contributed by atoms with Crippen LogP contribution in [0.1, 0.15) is 32.6 Å². The van der Waals surface area contributed by atoms with E-state index >= 15 is 0 Å². The number of hydrogen-bond acceptors (Lipinski definition) is 2. The van der Waals surface area contributed by atoms with Crippen LogP contribution in [0, 0.1) is 0 Å². The normalized spacial score (nSPS) is 26.7. The molecule has 1 fully saturated rings. The lowest BCUT2D eigenvalue weighted by molar-refractivity contribution is -0.00486. The molecule has 1 aliphatic rings. The Morgan fingerprint density at radius 2 is 2.40 bits per heavy atom. The Morgan fingerprint density at radius 3 is 3.00 bits per heavy atom. The summed E-state index contributed by atoms with van der Waals surface area (Å²) in [4.78, 5) is 0. The van der Waals surface area contributed by atoms with Gasteiger partial charge in [-0.05, 0) is 32.2 Å². The Balaban J connectivity index is 2.02. The summed E-state index contributed by atoms with van der Waals surface area (Å²) >= 11 is 0. The molecule has 2 heteroatoms. The van der Waals surface area contributed by atoms with E-state index in [1.165, 1.54) is 25.7 Å². The molecule has 1 aliphatic heterocycles. The summed E-state index contributed by atoms with van der Waals surface area (Å²) in [5.41, 5.74) is 0. The van der Waals surface area contributed by atoms with Gasteiger partial charge in [0.05, 0.1) is 0 Å². The topological polar surface area (TPSA) is 21.3 Å². The van der Waals surface area contributed by atoms with E-state index in [9.17, 15) is 0 Å². The van der Waals surface area contributed by atoms with Crippen molar-refractivity contribution in [3.05, 3.63) is 0 Å². The first-order valence-corrected chi connectivity index (χ1v) is 4.28. The van der Waals surface area contributed by atoms with Gasteiger partial charge in [-0.2, -0.15) is 0 Å². The highest BCUT2D eigenvalue weighted by atomic mass is 16.5. The SMILES string of the molecule is CCCNC1CCCCO1. The summed E-state index contributed by atoms with van der Waals surface area (Å²) < 4.78 is 5.47.